The van der Waals surface area contributed by atoms with Gasteiger partial charge in [-0.25, -0.2) is 0 Å². The van der Waals surface area contributed by atoms with Gasteiger partial charge in [-0.05, 0) is 30.9 Å². The summed E-state index contributed by atoms with van der Waals surface area (Å²) < 4.78 is 11.5. The molecular weight excluding hydrogens is 338 g/mol. The lowest BCUT2D eigenvalue weighted by atomic mass is 10.1. The van der Waals surface area contributed by atoms with E-state index in [2.05, 4.69) is 36.1 Å². The van der Waals surface area contributed by atoms with Crippen molar-refractivity contribution in [2.45, 2.75) is 45.1 Å². The number of ether oxygens (including phenoxy) is 2. The molecule has 1 heterocycles. The Morgan fingerprint density at radius 1 is 1.15 bits per heavy atom. The van der Waals surface area contributed by atoms with Crippen molar-refractivity contribution in [2.75, 3.05) is 26.3 Å². The van der Waals surface area contributed by atoms with Gasteiger partial charge in [0, 0.05) is 26.2 Å². The van der Waals surface area contributed by atoms with Crippen LogP contribution in [0.5, 0.6) is 0 Å². The quantitative estimate of drug-likeness (QED) is 0.695. The zero-order valence-electron chi connectivity index (χ0n) is 16.2. The molecule has 1 aliphatic heterocycles. The molecule has 3 rings (SSSR count). The molecule has 1 N–H and O–H groups in total. The van der Waals surface area contributed by atoms with E-state index in [-0.39, 0.29) is 6.10 Å². The number of aryl methyl sites for hydroxylation is 1. The van der Waals surface area contributed by atoms with Crippen LogP contribution < -0.4 is 0 Å². The smallest absolute Gasteiger partial charge is 0.0900 e. The molecule has 4 heteroatoms. The molecule has 1 saturated heterocycles. The number of rotatable bonds is 10. The summed E-state index contributed by atoms with van der Waals surface area (Å²) in [5.74, 6) is 0. The van der Waals surface area contributed by atoms with Crippen LogP contribution >= 0.6 is 0 Å². The molecule has 0 aliphatic carbocycles. The molecule has 2 atom stereocenters. The molecular formula is C23H31NO3. The van der Waals surface area contributed by atoms with Crippen LogP contribution in [0.4, 0.5) is 0 Å². The Labute approximate surface area is 162 Å². The van der Waals surface area contributed by atoms with Crippen LogP contribution in [0.25, 0.3) is 0 Å². The van der Waals surface area contributed by atoms with Gasteiger partial charge in [-0.15, -0.1) is 0 Å². The second-order valence-electron chi connectivity index (χ2n) is 7.47. The Morgan fingerprint density at radius 3 is 2.70 bits per heavy atom. The van der Waals surface area contributed by atoms with Crippen molar-refractivity contribution in [3.05, 3.63) is 71.3 Å². The van der Waals surface area contributed by atoms with E-state index in [9.17, 15) is 5.11 Å². The van der Waals surface area contributed by atoms with Crippen LogP contribution in [0.15, 0.2) is 54.6 Å². The highest BCUT2D eigenvalue weighted by atomic mass is 16.5. The third-order valence-electron chi connectivity index (χ3n) is 4.87. The zero-order valence-corrected chi connectivity index (χ0v) is 16.2. The normalized spacial score (nSPS) is 18.1. The van der Waals surface area contributed by atoms with E-state index in [1.54, 1.807) is 0 Å². The molecule has 0 unspecified atom stereocenters. The molecule has 0 bridgehead atoms. The van der Waals surface area contributed by atoms with Crippen LogP contribution in [0.1, 0.15) is 29.5 Å². The van der Waals surface area contributed by atoms with E-state index in [1.165, 1.54) is 11.1 Å². The number of hydrogen-bond donors (Lipinski definition) is 1. The lowest BCUT2D eigenvalue weighted by molar-refractivity contribution is -0.00287. The fourth-order valence-electron chi connectivity index (χ4n) is 3.59. The molecule has 4 nitrogen and oxygen atoms in total. The van der Waals surface area contributed by atoms with Crippen molar-refractivity contribution in [3.8, 4) is 0 Å². The van der Waals surface area contributed by atoms with Gasteiger partial charge in [0.05, 0.1) is 25.4 Å². The van der Waals surface area contributed by atoms with Crippen molar-refractivity contribution < 1.29 is 14.6 Å². The Balaban J connectivity index is 1.51. The Morgan fingerprint density at radius 2 is 1.96 bits per heavy atom. The first-order valence-corrected chi connectivity index (χ1v) is 9.88. The van der Waals surface area contributed by atoms with E-state index >= 15 is 0 Å². The van der Waals surface area contributed by atoms with E-state index in [4.69, 9.17) is 9.47 Å². The highest BCUT2D eigenvalue weighted by Crippen LogP contribution is 2.16. The van der Waals surface area contributed by atoms with E-state index < -0.39 is 6.10 Å². The van der Waals surface area contributed by atoms with Crippen LogP contribution in [0.3, 0.4) is 0 Å². The lowest BCUT2D eigenvalue weighted by Crippen LogP contribution is -2.39. The topological polar surface area (TPSA) is 41.9 Å². The summed E-state index contributed by atoms with van der Waals surface area (Å²) in [5.41, 5.74) is 3.65. The Bertz CT molecular complexity index is 670. The van der Waals surface area contributed by atoms with Gasteiger partial charge in [-0.2, -0.15) is 0 Å². The van der Waals surface area contributed by atoms with Gasteiger partial charge < -0.3 is 14.6 Å². The third-order valence-corrected chi connectivity index (χ3v) is 4.87. The molecule has 0 saturated carbocycles. The summed E-state index contributed by atoms with van der Waals surface area (Å²) in [7, 11) is 0. The molecule has 0 spiro atoms. The SMILES string of the molecule is Cc1cccc(CN(C[C@@H](O)COCc2ccccc2)C[C@@H]2CCCO2)c1. The van der Waals surface area contributed by atoms with Crippen LogP contribution in [0, 0.1) is 6.92 Å². The summed E-state index contributed by atoms with van der Waals surface area (Å²) in [6.45, 7) is 6.09. The molecule has 1 fully saturated rings. The van der Waals surface area contributed by atoms with Crippen LogP contribution in [-0.2, 0) is 22.6 Å². The highest BCUT2D eigenvalue weighted by molar-refractivity contribution is 5.22. The predicted octanol–water partition coefficient (Wildman–Crippen LogP) is 3.55. The van der Waals surface area contributed by atoms with Crippen molar-refractivity contribution in [2.24, 2.45) is 0 Å². The maximum atomic E-state index is 10.5. The average molecular weight is 370 g/mol. The van der Waals surface area contributed by atoms with Crippen molar-refractivity contribution in [3.63, 3.8) is 0 Å². The van der Waals surface area contributed by atoms with Gasteiger partial charge in [0.1, 0.15) is 0 Å². The molecule has 1 aliphatic rings. The summed E-state index contributed by atoms with van der Waals surface area (Å²) in [6, 6.07) is 18.6. The summed E-state index contributed by atoms with van der Waals surface area (Å²) in [6.07, 6.45) is 1.99. The minimum absolute atomic E-state index is 0.271. The number of aliphatic hydroxyl groups is 1. The minimum Gasteiger partial charge on any atom is -0.389 e. The average Bonchev–Trinajstić information content (AvgIpc) is 3.15. The molecule has 27 heavy (non-hydrogen) atoms. The van der Waals surface area contributed by atoms with Crippen molar-refractivity contribution in [1.29, 1.82) is 0 Å². The van der Waals surface area contributed by atoms with Gasteiger partial charge in [0.15, 0.2) is 0 Å². The van der Waals surface area contributed by atoms with E-state index in [0.29, 0.717) is 19.8 Å². The zero-order chi connectivity index (χ0) is 18.9. The second-order valence-corrected chi connectivity index (χ2v) is 7.47. The van der Waals surface area contributed by atoms with Gasteiger partial charge in [0.25, 0.3) is 0 Å². The molecule has 0 amide bonds. The highest BCUT2D eigenvalue weighted by Gasteiger charge is 2.21. The van der Waals surface area contributed by atoms with Crippen molar-refractivity contribution in [1.82, 2.24) is 4.90 Å². The van der Waals surface area contributed by atoms with Gasteiger partial charge in [0.2, 0.25) is 0 Å². The van der Waals surface area contributed by atoms with Crippen LogP contribution in [-0.4, -0.2) is 48.5 Å². The lowest BCUT2D eigenvalue weighted by Gasteiger charge is -2.27. The molecule has 0 aromatic heterocycles. The van der Waals surface area contributed by atoms with E-state index in [0.717, 1.165) is 38.1 Å². The summed E-state index contributed by atoms with van der Waals surface area (Å²) in [4.78, 5) is 2.29. The fourth-order valence-corrected chi connectivity index (χ4v) is 3.59. The third kappa shape index (κ3) is 7.07. The monoisotopic (exact) mass is 369 g/mol. The number of aliphatic hydroxyl groups excluding tert-OH is 1. The maximum absolute atomic E-state index is 10.5. The number of benzene rings is 2. The second kappa shape index (κ2) is 10.6. The molecule has 2 aromatic rings. The van der Waals surface area contributed by atoms with E-state index in [1.807, 2.05) is 30.3 Å². The first-order valence-electron chi connectivity index (χ1n) is 9.88. The van der Waals surface area contributed by atoms with Gasteiger partial charge in [-0.3, -0.25) is 4.90 Å². The molecule has 2 aromatic carbocycles. The minimum atomic E-state index is -0.514. The number of nitrogens with zero attached hydrogens (tertiary/aromatic N) is 1. The van der Waals surface area contributed by atoms with Gasteiger partial charge in [-0.1, -0.05) is 60.2 Å². The number of hydrogen-bond acceptors (Lipinski definition) is 4. The standard InChI is InChI=1S/C23H31NO3/c1-19-7-5-10-21(13-19)14-24(16-23-11-6-12-27-23)15-22(25)18-26-17-20-8-3-2-4-9-20/h2-5,7-10,13,22-23,25H,6,11-12,14-18H2,1H3/t22-,23+/m1/s1. The molecule has 0 radical (unpaired) electrons. The van der Waals surface area contributed by atoms with Crippen molar-refractivity contribution >= 4 is 0 Å². The first kappa shape index (κ1) is 20.0. The summed E-state index contributed by atoms with van der Waals surface area (Å²) in [5, 5.41) is 10.5. The maximum Gasteiger partial charge on any atom is 0.0900 e. The fraction of sp³-hybridized carbons (Fsp3) is 0.478. The van der Waals surface area contributed by atoms with Gasteiger partial charge >= 0.3 is 0 Å². The first-order chi connectivity index (χ1) is 13.2. The van der Waals surface area contributed by atoms with Crippen LogP contribution in [0.2, 0.25) is 0 Å². The largest absolute Gasteiger partial charge is 0.389 e. The Hall–Kier alpha value is -1.72. The predicted molar refractivity (Wildman–Crippen MR) is 108 cm³/mol. The molecule has 146 valence electrons. The Kier molecular flexibility index (Phi) is 7.84. The summed E-state index contributed by atoms with van der Waals surface area (Å²) >= 11 is 0.